The monoisotopic (exact) mass is 2100 g/mol. The number of benzene rings is 10. The maximum absolute atomic E-state index is 6.57. The zero-order valence-electron chi connectivity index (χ0n) is 97.5. The largest absolute Gasteiger partial charge is 0.496 e. The van der Waals surface area contributed by atoms with Crippen molar-refractivity contribution < 1.29 is 18.9 Å². The lowest BCUT2D eigenvalue weighted by molar-refractivity contribution is 0.230. The molecular formula is C140H199O4P5. The minimum atomic E-state index is -0.366. The van der Waals surface area contributed by atoms with Gasteiger partial charge < -0.3 is 18.9 Å². The van der Waals surface area contributed by atoms with Crippen molar-refractivity contribution in [2.24, 2.45) is 0 Å². The van der Waals surface area contributed by atoms with Crippen LogP contribution < -0.4 is 45.5 Å². The van der Waals surface area contributed by atoms with Crippen molar-refractivity contribution in [2.45, 2.75) is 500 Å². The minimum absolute atomic E-state index is 0.0365. The number of rotatable bonds is 29. The number of aryl methyl sites for hydroxylation is 1. The van der Waals surface area contributed by atoms with Crippen molar-refractivity contribution in [1.82, 2.24) is 0 Å². The molecule has 10 aromatic rings. The summed E-state index contributed by atoms with van der Waals surface area (Å²) in [6.07, 6.45) is 57.8. The molecule has 0 aliphatic heterocycles. The Balaban J connectivity index is 0.000000148. The molecule has 8 aliphatic carbocycles. The van der Waals surface area contributed by atoms with Gasteiger partial charge >= 0.3 is 0 Å². The number of hydrogen-bond donors (Lipinski definition) is 0. The van der Waals surface area contributed by atoms with Crippen molar-refractivity contribution in [3.8, 4) is 78.6 Å². The van der Waals surface area contributed by atoms with Gasteiger partial charge in [0, 0.05) is 0 Å². The summed E-state index contributed by atoms with van der Waals surface area (Å²) in [6.45, 7) is 48.4. The van der Waals surface area contributed by atoms with Crippen LogP contribution in [0.5, 0.6) is 23.0 Å². The number of hydrogen-bond acceptors (Lipinski definition) is 4. The summed E-state index contributed by atoms with van der Waals surface area (Å²) in [6, 6.07) is 80.8. The van der Waals surface area contributed by atoms with Gasteiger partial charge in [-0.25, -0.2) is 0 Å². The van der Waals surface area contributed by atoms with Gasteiger partial charge in [0.2, 0.25) is 0 Å². The first-order valence-corrected chi connectivity index (χ1v) is 67.6. The second kappa shape index (κ2) is 58.0. The van der Waals surface area contributed by atoms with Crippen LogP contribution >= 0.6 is 39.6 Å². The maximum atomic E-state index is 6.57. The smallest absolute Gasteiger partial charge is 0.131 e. The summed E-state index contributed by atoms with van der Waals surface area (Å²) < 4.78 is 25.1. The van der Waals surface area contributed by atoms with Crippen LogP contribution in [0.1, 0.15) is 458 Å². The first-order chi connectivity index (χ1) is 71.9. The fourth-order valence-electron chi connectivity index (χ4n) is 27.1. The van der Waals surface area contributed by atoms with Crippen LogP contribution in [0, 0.1) is 6.92 Å². The second-order valence-corrected chi connectivity index (χ2v) is 64.6. The molecule has 8 fully saturated rings. The predicted molar refractivity (Wildman–Crippen MR) is 666 cm³/mol. The summed E-state index contributed by atoms with van der Waals surface area (Å²) >= 11 is 0. The summed E-state index contributed by atoms with van der Waals surface area (Å²) in [7, 11) is 2.72. The molecule has 9 heteroatoms. The van der Waals surface area contributed by atoms with Crippen molar-refractivity contribution in [1.29, 1.82) is 0 Å². The molecule has 0 spiro atoms. The zero-order chi connectivity index (χ0) is 106. The van der Waals surface area contributed by atoms with E-state index in [-0.39, 0.29) is 62.1 Å². The van der Waals surface area contributed by atoms with E-state index in [0.717, 1.165) is 73.8 Å². The van der Waals surface area contributed by atoms with E-state index in [0.29, 0.717) is 29.6 Å². The molecule has 0 atom stereocenters. The van der Waals surface area contributed by atoms with Crippen LogP contribution in [0.4, 0.5) is 0 Å². The molecular weight excluding hydrogens is 1900 g/mol. The van der Waals surface area contributed by atoms with Crippen LogP contribution in [0.2, 0.25) is 0 Å². The van der Waals surface area contributed by atoms with Crippen molar-refractivity contribution >= 4 is 66.1 Å². The molecule has 4 nitrogen and oxygen atoms in total. The molecule has 18 rings (SSSR count). The zero-order valence-corrected chi connectivity index (χ0v) is 102. The minimum Gasteiger partial charge on any atom is -0.496 e. The molecule has 8 saturated carbocycles. The Morgan fingerprint density at radius 2 is 0.456 bits per heavy atom. The molecule has 0 N–H and O–H groups in total. The van der Waals surface area contributed by atoms with Gasteiger partial charge in [0.15, 0.2) is 0 Å². The molecule has 0 bridgehead atoms. The molecule has 0 aromatic heterocycles. The molecule has 10 aromatic carbocycles. The summed E-state index contributed by atoms with van der Waals surface area (Å²) in [5, 5.41) is 8.68. The van der Waals surface area contributed by atoms with Crippen molar-refractivity contribution in [3.63, 3.8) is 0 Å². The van der Waals surface area contributed by atoms with Crippen molar-refractivity contribution in [3.05, 3.63) is 246 Å². The Morgan fingerprint density at radius 1 is 0.228 bits per heavy atom. The lowest BCUT2D eigenvalue weighted by atomic mass is 9.82. The van der Waals surface area contributed by atoms with Crippen LogP contribution in [-0.4, -0.2) is 82.0 Å². The standard InChI is InChI=1S/C33H49O2P.C29H41O2P.C29H45P.C25H33P.C24H31P/c1-23(2)26-21-30(34-24(3)4)33(31(22-26)35-25(5)6)29-19-13-14-20-32(29)36(27-15-9-7-10-16-27)28-17-11-8-12-18-28;1-21(2)22-19-26(30-3)29(27(20-22)31-4)25-17-11-12-18-28(25)32(23-13-7-5-8-14-23)24-15-9-6-10-16-24;1-19(2)22-17-24(20(3)4)27(25(18-22)21(5)6)23-15-13-14-16-26(23)30(28(7,8)9)29(10,11)12;1-20-12-8-9-17-23(20)24-18-10-11-19-25(24)26(21-13-4-2-5-14-21)22-15-6-3-7-16-22;1-4-12-20(13-5-1)23-18-10-11-19-24(23)25(21-14-6-2-7-15-21)22-16-8-3-9-17-22/h13-14,19-25,27-28H,7-12,15-18H2,1-6H3;11-12,17-21,23-24H,5-10,13-16H2,1-4H3;13-21H,1-12H3;8-12,17-19,21-22H,2-7,13-16H2,1H3;1,4-5,10-13,18-19,21-22H,2-3,6-9,14-17H2. The first kappa shape index (κ1) is 118. The van der Waals surface area contributed by atoms with Gasteiger partial charge in [-0.2, -0.15) is 0 Å². The van der Waals surface area contributed by atoms with Gasteiger partial charge in [-0.1, -0.05) is 493 Å². The van der Waals surface area contributed by atoms with E-state index in [1.54, 1.807) is 40.7 Å². The quantitative estimate of drug-likeness (QED) is 0.0438. The van der Waals surface area contributed by atoms with E-state index in [4.69, 9.17) is 18.9 Å². The van der Waals surface area contributed by atoms with Gasteiger partial charge in [0.25, 0.3) is 0 Å². The second-order valence-electron chi connectivity index (χ2n) is 49.8. The first-order valence-electron chi connectivity index (χ1n) is 60.4. The molecule has 8 aliphatic rings. The van der Waals surface area contributed by atoms with Gasteiger partial charge in [0.1, 0.15) is 23.0 Å². The molecule has 0 unspecified atom stereocenters. The number of ether oxygens (including phenoxy) is 4. The lowest BCUT2D eigenvalue weighted by Gasteiger charge is -2.43. The van der Waals surface area contributed by atoms with Crippen LogP contribution in [0.3, 0.4) is 0 Å². The third-order valence-electron chi connectivity index (χ3n) is 34.1. The van der Waals surface area contributed by atoms with Gasteiger partial charge in [-0.05, 0) is 351 Å². The molecule has 0 radical (unpaired) electrons. The fourth-order valence-corrected chi connectivity index (χ4v) is 47.1. The summed E-state index contributed by atoms with van der Waals surface area (Å²) in [5.41, 5.74) is 29.7. The van der Waals surface area contributed by atoms with E-state index < -0.39 is 0 Å². The molecule has 0 saturated heterocycles. The van der Waals surface area contributed by atoms with Crippen LogP contribution in [0.15, 0.2) is 212 Å². The van der Waals surface area contributed by atoms with Gasteiger partial charge in [-0.3, -0.25) is 0 Å². The van der Waals surface area contributed by atoms with Crippen LogP contribution in [-0.2, 0) is 0 Å². The Kier molecular flexibility index (Phi) is 46.0. The average molecular weight is 2100 g/mol. The lowest BCUT2D eigenvalue weighted by Crippen LogP contribution is -2.32. The third-order valence-corrected chi connectivity index (χ3v) is 51.9. The average Bonchev–Trinajstić information content (AvgIpc) is 0.536. The highest BCUT2D eigenvalue weighted by molar-refractivity contribution is 7.69. The Morgan fingerprint density at radius 3 is 0.732 bits per heavy atom. The maximum Gasteiger partial charge on any atom is 0.131 e. The Hall–Kier alpha value is -6.45. The van der Waals surface area contributed by atoms with Crippen molar-refractivity contribution in [2.75, 3.05) is 14.2 Å². The predicted octanol–water partition coefficient (Wildman–Crippen LogP) is 42.1. The highest BCUT2D eigenvalue weighted by Gasteiger charge is 2.43. The van der Waals surface area contributed by atoms with E-state index in [2.05, 4.69) is 358 Å². The highest BCUT2D eigenvalue weighted by atomic mass is 31.1. The Bertz CT molecular complexity index is 5510. The van der Waals surface area contributed by atoms with E-state index >= 15 is 0 Å². The molecule has 149 heavy (non-hydrogen) atoms. The molecule has 0 amide bonds. The van der Waals surface area contributed by atoms with Crippen LogP contribution in [0.25, 0.3) is 55.6 Å². The summed E-state index contributed by atoms with van der Waals surface area (Å²) in [4.78, 5) is 0. The fraction of sp³-hybridized carbons (Fsp3) is 0.571. The SMILES string of the molecule is CC(C)Oc1cc(C(C)C)cc(OC(C)C)c1-c1ccccc1P(C1CCCCC1)C1CCCCC1.CC(C)c1cc(C(C)C)c(-c2ccccc2P(C(C)(C)C)C(C)(C)C)c(C(C)C)c1.COc1cc(C(C)C)cc(OC)c1-c1ccccc1P(C1CCCCC1)C1CCCCC1.Cc1ccccc1-c1ccccc1P(C1CCCCC1)C1CCCCC1.c1ccc(-c2ccccc2P(C2CCCCC2)C2CCCCC2)cc1. The topological polar surface area (TPSA) is 36.9 Å². The normalized spacial score (nSPS) is 17.7. The van der Waals surface area contributed by atoms with Gasteiger partial charge in [0.05, 0.1) is 37.6 Å². The van der Waals surface area contributed by atoms with Gasteiger partial charge in [-0.15, -0.1) is 0 Å². The highest BCUT2D eigenvalue weighted by Crippen LogP contribution is 2.64. The third kappa shape index (κ3) is 31.6. The molecule has 808 valence electrons. The van der Waals surface area contributed by atoms with E-state index in [9.17, 15) is 0 Å². The molecule has 0 heterocycles. The Labute approximate surface area is 916 Å². The number of methoxy groups -OCH3 is 2. The van der Waals surface area contributed by atoms with E-state index in [1.165, 1.54) is 340 Å². The summed E-state index contributed by atoms with van der Waals surface area (Å²) in [5.74, 6) is 6.27. The van der Waals surface area contributed by atoms with E-state index in [1.807, 2.05) is 0 Å².